The molecule has 3 amide bonds. The van der Waals surface area contributed by atoms with Crippen molar-refractivity contribution in [1.29, 1.82) is 0 Å². The zero-order valence-electron chi connectivity index (χ0n) is 15.9. The molecule has 3 rings (SSSR count). The Kier molecular flexibility index (Phi) is 6.42. The van der Waals surface area contributed by atoms with E-state index >= 15 is 0 Å². The van der Waals surface area contributed by atoms with Gasteiger partial charge in [0.25, 0.3) is 11.8 Å². The predicted molar refractivity (Wildman–Crippen MR) is 107 cm³/mol. The molecule has 1 heterocycles. The fourth-order valence-corrected chi connectivity index (χ4v) is 3.20. The van der Waals surface area contributed by atoms with Gasteiger partial charge in [0.05, 0.1) is 17.7 Å². The van der Waals surface area contributed by atoms with Crippen molar-refractivity contribution in [3.05, 3.63) is 59.7 Å². The molecule has 0 aromatic heterocycles. The van der Waals surface area contributed by atoms with Gasteiger partial charge in [-0.25, -0.2) is 0 Å². The molecule has 1 N–H and O–H groups in total. The summed E-state index contributed by atoms with van der Waals surface area (Å²) in [5.74, 6) is 0.265. The number of nitrogens with zero attached hydrogens (tertiary/aromatic N) is 1. The van der Waals surface area contributed by atoms with Crippen molar-refractivity contribution in [1.82, 2.24) is 4.90 Å². The van der Waals surface area contributed by atoms with Crippen molar-refractivity contribution in [2.45, 2.75) is 32.6 Å². The van der Waals surface area contributed by atoms with Gasteiger partial charge in [-0.2, -0.15) is 0 Å². The maximum Gasteiger partial charge on any atom is 0.261 e. The van der Waals surface area contributed by atoms with Gasteiger partial charge in [-0.3, -0.25) is 19.3 Å². The Labute approximate surface area is 164 Å². The quantitative estimate of drug-likeness (QED) is 0.529. The zero-order valence-corrected chi connectivity index (χ0v) is 15.9. The first-order chi connectivity index (χ1) is 13.6. The van der Waals surface area contributed by atoms with E-state index in [4.69, 9.17) is 4.74 Å². The number of ether oxygens (including phenoxy) is 1. The Morgan fingerprint density at radius 1 is 0.929 bits per heavy atom. The van der Waals surface area contributed by atoms with Crippen LogP contribution in [0, 0.1) is 0 Å². The molecule has 0 fully saturated rings. The van der Waals surface area contributed by atoms with Crippen LogP contribution < -0.4 is 10.1 Å². The standard InChI is InChI=1S/C22H24N2O4/c1-2-28-17-13-11-16(12-14-17)23-20(25)10-4-3-7-15-24-21(26)18-8-5-6-9-19(18)22(24)27/h5-6,8-9,11-14H,2-4,7,10,15H2,1H3,(H,23,25). The Morgan fingerprint density at radius 2 is 1.57 bits per heavy atom. The summed E-state index contributed by atoms with van der Waals surface area (Å²) in [5, 5.41) is 2.86. The average Bonchev–Trinajstić information content (AvgIpc) is 2.94. The molecule has 0 atom stereocenters. The number of amides is 3. The molecule has 0 bridgehead atoms. The Hall–Kier alpha value is -3.15. The van der Waals surface area contributed by atoms with E-state index in [0.717, 1.165) is 17.9 Å². The third-order valence-corrected chi connectivity index (χ3v) is 4.61. The number of anilines is 1. The molecule has 28 heavy (non-hydrogen) atoms. The van der Waals surface area contributed by atoms with Crippen LogP contribution in [0.4, 0.5) is 5.69 Å². The number of rotatable bonds is 9. The second-order valence-corrected chi connectivity index (χ2v) is 6.62. The van der Waals surface area contributed by atoms with Gasteiger partial charge in [0.1, 0.15) is 5.75 Å². The number of nitrogens with one attached hydrogen (secondary N) is 1. The van der Waals surface area contributed by atoms with Crippen molar-refractivity contribution < 1.29 is 19.1 Å². The van der Waals surface area contributed by atoms with Crippen LogP contribution in [0.1, 0.15) is 53.3 Å². The summed E-state index contributed by atoms with van der Waals surface area (Å²) in [6.45, 7) is 2.91. The van der Waals surface area contributed by atoms with Crippen molar-refractivity contribution >= 4 is 23.4 Å². The van der Waals surface area contributed by atoms with E-state index < -0.39 is 0 Å². The van der Waals surface area contributed by atoms with Crippen LogP contribution in [0.25, 0.3) is 0 Å². The molecule has 1 aliphatic rings. The third kappa shape index (κ3) is 4.57. The smallest absolute Gasteiger partial charge is 0.261 e. The number of imide groups is 1. The van der Waals surface area contributed by atoms with Gasteiger partial charge in [0, 0.05) is 18.7 Å². The van der Waals surface area contributed by atoms with Gasteiger partial charge in [-0.15, -0.1) is 0 Å². The second-order valence-electron chi connectivity index (χ2n) is 6.62. The Balaban J connectivity index is 1.36. The van der Waals surface area contributed by atoms with E-state index in [2.05, 4.69) is 5.32 Å². The van der Waals surface area contributed by atoms with E-state index in [1.165, 1.54) is 4.90 Å². The molecule has 2 aromatic rings. The number of carbonyl (C=O) groups is 3. The van der Waals surface area contributed by atoms with Crippen LogP contribution in [-0.2, 0) is 4.79 Å². The minimum Gasteiger partial charge on any atom is -0.494 e. The predicted octanol–water partition coefficient (Wildman–Crippen LogP) is 3.88. The maximum absolute atomic E-state index is 12.3. The average molecular weight is 380 g/mol. The molecule has 2 aromatic carbocycles. The lowest BCUT2D eigenvalue weighted by Crippen LogP contribution is -2.30. The van der Waals surface area contributed by atoms with Crippen LogP contribution >= 0.6 is 0 Å². The summed E-state index contributed by atoms with van der Waals surface area (Å²) >= 11 is 0. The lowest BCUT2D eigenvalue weighted by atomic mass is 10.1. The number of hydrogen-bond acceptors (Lipinski definition) is 4. The molecule has 6 nitrogen and oxygen atoms in total. The van der Waals surface area contributed by atoms with Gasteiger partial charge >= 0.3 is 0 Å². The van der Waals surface area contributed by atoms with Crippen LogP contribution in [0.15, 0.2) is 48.5 Å². The van der Waals surface area contributed by atoms with Crippen LogP contribution in [0.5, 0.6) is 5.75 Å². The maximum atomic E-state index is 12.3. The van der Waals surface area contributed by atoms with E-state index in [1.807, 2.05) is 31.2 Å². The monoisotopic (exact) mass is 380 g/mol. The van der Waals surface area contributed by atoms with Crippen LogP contribution in [0.3, 0.4) is 0 Å². The third-order valence-electron chi connectivity index (χ3n) is 4.61. The van der Waals surface area contributed by atoms with Crippen molar-refractivity contribution in [2.24, 2.45) is 0 Å². The highest BCUT2D eigenvalue weighted by Crippen LogP contribution is 2.23. The highest BCUT2D eigenvalue weighted by molar-refractivity contribution is 6.21. The van der Waals surface area contributed by atoms with E-state index in [1.54, 1.807) is 24.3 Å². The Morgan fingerprint density at radius 3 is 2.18 bits per heavy atom. The largest absolute Gasteiger partial charge is 0.494 e. The minimum atomic E-state index is -0.228. The summed E-state index contributed by atoms with van der Waals surface area (Å²) in [6, 6.07) is 14.1. The molecular formula is C22H24N2O4. The summed E-state index contributed by atoms with van der Waals surface area (Å²) < 4.78 is 5.37. The molecule has 0 saturated carbocycles. The molecule has 0 spiro atoms. The van der Waals surface area contributed by atoms with Crippen molar-refractivity contribution in [3.8, 4) is 5.75 Å². The molecule has 0 radical (unpaired) electrons. The highest BCUT2D eigenvalue weighted by Gasteiger charge is 2.34. The molecule has 0 unspecified atom stereocenters. The van der Waals surface area contributed by atoms with Crippen LogP contribution in [0.2, 0.25) is 0 Å². The van der Waals surface area contributed by atoms with Gasteiger partial charge in [-0.05, 0) is 56.2 Å². The highest BCUT2D eigenvalue weighted by atomic mass is 16.5. The second kappa shape index (κ2) is 9.17. The van der Waals surface area contributed by atoms with E-state index in [9.17, 15) is 14.4 Å². The molecule has 146 valence electrons. The first-order valence-corrected chi connectivity index (χ1v) is 9.58. The molecule has 0 aliphatic carbocycles. The minimum absolute atomic E-state index is 0.0510. The van der Waals surface area contributed by atoms with Gasteiger partial charge in [0.2, 0.25) is 5.91 Å². The topological polar surface area (TPSA) is 75.7 Å². The number of benzene rings is 2. The van der Waals surface area contributed by atoms with Gasteiger partial charge in [0.15, 0.2) is 0 Å². The molecule has 0 saturated heterocycles. The zero-order chi connectivity index (χ0) is 19.9. The Bertz CT molecular complexity index is 826. The van der Waals surface area contributed by atoms with Gasteiger partial charge in [-0.1, -0.05) is 18.6 Å². The number of hydrogen-bond donors (Lipinski definition) is 1. The fourth-order valence-electron chi connectivity index (χ4n) is 3.20. The SMILES string of the molecule is CCOc1ccc(NC(=O)CCCCCN2C(=O)c3ccccc3C2=O)cc1. The summed E-state index contributed by atoms with van der Waals surface area (Å²) in [7, 11) is 0. The lowest BCUT2D eigenvalue weighted by molar-refractivity contribution is -0.116. The number of unbranched alkanes of at least 4 members (excludes halogenated alkanes) is 2. The summed E-state index contributed by atoms with van der Waals surface area (Å²) in [5.41, 5.74) is 1.68. The summed E-state index contributed by atoms with van der Waals surface area (Å²) in [6.07, 6.45) is 2.55. The number of fused-ring (bicyclic) bond motifs is 1. The molecule has 6 heteroatoms. The lowest BCUT2D eigenvalue weighted by Gasteiger charge is -2.13. The first kappa shape index (κ1) is 19.6. The van der Waals surface area contributed by atoms with Crippen LogP contribution in [-0.4, -0.2) is 35.8 Å². The molecular weight excluding hydrogens is 356 g/mol. The first-order valence-electron chi connectivity index (χ1n) is 9.58. The van der Waals surface area contributed by atoms with E-state index in [0.29, 0.717) is 43.5 Å². The summed E-state index contributed by atoms with van der Waals surface area (Å²) in [4.78, 5) is 37.9. The normalized spacial score (nSPS) is 12.8. The fraction of sp³-hybridized carbons (Fsp3) is 0.318. The van der Waals surface area contributed by atoms with Crippen molar-refractivity contribution in [2.75, 3.05) is 18.5 Å². The van der Waals surface area contributed by atoms with Crippen molar-refractivity contribution in [3.63, 3.8) is 0 Å². The molecule has 1 aliphatic heterocycles. The van der Waals surface area contributed by atoms with E-state index in [-0.39, 0.29) is 17.7 Å². The van der Waals surface area contributed by atoms with Gasteiger partial charge < -0.3 is 10.1 Å². The number of carbonyl (C=O) groups excluding carboxylic acids is 3.